The number of aliphatic imine (C=N–C) groups is 1. The second kappa shape index (κ2) is 12.1. The Morgan fingerprint density at radius 3 is 2.04 bits per heavy atom. The molecule has 0 saturated carbocycles. The van der Waals surface area contributed by atoms with Crippen LogP contribution in [0.4, 0.5) is 0 Å². The number of hydrogen-bond acceptors (Lipinski definition) is 5. The van der Waals surface area contributed by atoms with Gasteiger partial charge in [-0.25, -0.2) is 13.4 Å². The van der Waals surface area contributed by atoms with Gasteiger partial charge in [-0.2, -0.15) is 0 Å². The zero-order valence-corrected chi connectivity index (χ0v) is 15.5. The van der Waals surface area contributed by atoms with Gasteiger partial charge in [-0.3, -0.25) is 8.67 Å². The molecule has 1 heterocycles. The first kappa shape index (κ1) is 22.7. The highest BCUT2D eigenvalue weighted by Crippen LogP contribution is 2.21. The molecule has 6 nitrogen and oxygen atoms in total. The minimum Gasteiger partial charge on any atom is -0.726 e. The third-order valence-electron chi connectivity index (χ3n) is 3.89. The number of rotatable bonds is 11. The average molecular weight is 359 g/mol. The summed E-state index contributed by atoms with van der Waals surface area (Å²) >= 11 is 0. The molecule has 0 N–H and O–H groups in total. The summed E-state index contributed by atoms with van der Waals surface area (Å²) in [6.45, 7) is 16.0. The Hall–Kier alpha value is -1.28. The van der Waals surface area contributed by atoms with Crippen LogP contribution in [0.2, 0.25) is 0 Å². The van der Waals surface area contributed by atoms with Gasteiger partial charge in [0.2, 0.25) is 16.2 Å². The van der Waals surface area contributed by atoms with Crippen molar-refractivity contribution in [3.8, 4) is 0 Å². The van der Waals surface area contributed by atoms with Gasteiger partial charge in [0.25, 0.3) is 0 Å². The highest BCUT2D eigenvalue weighted by Gasteiger charge is 2.35. The molecule has 138 valence electrons. The van der Waals surface area contributed by atoms with E-state index in [9.17, 15) is 13.0 Å². The molecular formula is C17H30N2O4S. The maximum atomic E-state index is 9.22. The van der Waals surface area contributed by atoms with Crippen LogP contribution in [0.25, 0.3) is 0 Å². The van der Waals surface area contributed by atoms with Crippen molar-refractivity contribution in [3.05, 3.63) is 38.0 Å². The Morgan fingerprint density at radius 1 is 1.17 bits per heavy atom. The molecule has 0 amide bonds. The van der Waals surface area contributed by atoms with E-state index in [1.54, 1.807) is 0 Å². The Morgan fingerprint density at radius 2 is 1.67 bits per heavy atom. The van der Waals surface area contributed by atoms with Crippen LogP contribution in [0.3, 0.4) is 0 Å². The molecule has 0 aromatic carbocycles. The van der Waals surface area contributed by atoms with Crippen molar-refractivity contribution < 1.29 is 21.6 Å². The molecule has 0 aromatic heterocycles. The van der Waals surface area contributed by atoms with Crippen molar-refractivity contribution in [3.63, 3.8) is 0 Å². The smallest absolute Gasteiger partial charge is 0.217 e. The van der Waals surface area contributed by atoms with Gasteiger partial charge in [-0.05, 0) is 12.8 Å². The summed E-state index contributed by atoms with van der Waals surface area (Å²) in [7, 11) is -3.60. The summed E-state index contributed by atoms with van der Waals surface area (Å²) in [5, 5.41) is 0. The van der Waals surface area contributed by atoms with E-state index in [0.29, 0.717) is 0 Å². The molecule has 0 atom stereocenters. The van der Waals surface area contributed by atoms with Crippen molar-refractivity contribution in [1.82, 2.24) is 0 Å². The molecule has 1 aliphatic rings. The molecule has 0 aromatic rings. The van der Waals surface area contributed by atoms with Crippen LogP contribution >= 0.6 is 0 Å². The van der Waals surface area contributed by atoms with Crippen LogP contribution in [-0.4, -0.2) is 56.6 Å². The molecule has 1 aliphatic heterocycles. The SMILES string of the molecule is C=CCCC[N+]1(CCCC=C)CCN=C1CC=C.COS(=O)(=O)[O-]. The van der Waals surface area contributed by atoms with Crippen molar-refractivity contribution in [2.24, 2.45) is 4.99 Å². The second-order valence-corrected chi connectivity index (χ2v) is 6.69. The third kappa shape index (κ3) is 9.12. The van der Waals surface area contributed by atoms with Crippen LogP contribution in [0.5, 0.6) is 0 Å². The summed E-state index contributed by atoms with van der Waals surface area (Å²) in [6.07, 6.45) is 11.6. The lowest BCUT2D eigenvalue weighted by Crippen LogP contribution is -2.52. The molecule has 0 bridgehead atoms. The molecule has 0 aliphatic carbocycles. The highest BCUT2D eigenvalue weighted by molar-refractivity contribution is 7.80. The van der Waals surface area contributed by atoms with E-state index in [4.69, 9.17) is 4.99 Å². The Bertz CT molecular complexity index is 513. The van der Waals surface area contributed by atoms with Crippen molar-refractivity contribution in [2.45, 2.75) is 32.1 Å². The fraction of sp³-hybridized carbons (Fsp3) is 0.588. The number of hydrogen-bond donors (Lipinski definition) is 0. The highest BCUT2D eigenvalue weighted by atomic mass is 32.3. The van der Waals surface area contributed by atoms with Gasteiger partial charge >= 0.3 is 0 Å². The van der Waals surface area contributed by atoms with Crippen LogP contribution < -0.4 is 0 Å². The van der Waals surface area contributed by atoms with Gasteiger partial charge in [0.1, 0.15) is 6.54 Å². The standard InChI is InChI=1S/C16H27N2.CH4O4S/c1-4-7-9-13-18(14-10-8-5-2)15-12-17-16(18)11-6-3;1-5-6(2,3)4/h4-6H,1-3,7-15H2;1H3,(H,2,3,4)/q+1;/p-1. The Balaban J connectivity index is 0.000000754. The lowest BCUT2D eigenvalue weighted by molar-refractivity contribution is -0.836. The van der Waals surface area contributed by atoms with Gasteiger partial charge < -0.3 is 4.55 Å². The van der Waals surface area contributed by atoms with Gasteiger partial charge in [0.15, 0.2) is 0 Å². The van der Waals surface area contributed by atoms with Crippen LogP contribution in [-0.2, 0) is 14.6 Å². The lowest BCUT2D eigenvalue weighted by Gasteiger charge is -2.34. The zero-order chi connectivity index (χ0) is 18.5. The summed E-state index contributed by atoms with van der Waals surface area (Å²) in [4.78, 5) is 4.70. The molecule has 1 rings (SSSR count). The molecule has 0 saturated heterocycles. The average Bonchev–Trinajstić information content (AvgIpc) is 2.91. The molecule has 7 heteroatoms. The fourth-order valence-electron chi connectivity index (χ4n) is 2.71. The maximum absolute atomic E-state index is 9.22. The predicted molar refractivity (Wildman–Crippen MR) is 97.5 cm³/mol. The van der Waals surface area contributed by atoms with Crippen molar-refractivity contribution in [1.29, 1.82) is 0 Å². The number of allylic oxidation sites excluding steroid dienone is 2. The van der Waals surface area contributed by atoms with Crippen molar-refractivity contribution >= 4 is 16.2 Å². The number of nitrogens with zero attached hydrogens (tertiary/aromatic N) is 2. The Kier molecular flexibility index (Phi) is 11.5. The van der Waals surface area contributed by atoms with E-state index in [2.05, 4.69) is 23.9 Å². The molecule has 0 spiro atoms. The molecule has 0 fully saturated rings. The van der Waals surface area contributed by atoms with E-state index >= 15 is 0 Å². The first-order valence-electron chi connectivity index (χ1n) is 8.09. The summed E-state index contributed by atoms with van der Waals surface area (Å²) in [5.41, 5.74) is 0. The van der Waals surface area contributed by atoms with Gasteiger partial charge in [0.05, 0.1) is 33.2 Å². The number of amidine groups is 1. The number of quaternary nitrogens is 1. The van der Waals surface area contributed by atoms with E-state index in [1.165, 1.54) is 31.8 Å². The molecular weight excluding hydrogens is 328 g/mol. The molecule has 0 radical (unpaired) electrons. The van der Waals surface area contributed by atoms with Gasteiger partial charge in [-0.15, -0.1) is 19.7 Å². The fourth-order valence-corrected chi connectivity index (χ4v) is 2.71. The summed E-state index contributed by atoms with van der Waals surface area (Å²) < 4.78 is 32.1. The quantitative estimate of drug-likeness (QED) is 0.187. The maximum Gasteiger partial charge on any atom is 0.217 e. The van der Waals surface area contributed by atoms with E-state index in [-0.39, 0.29) is 0 Å². The first-order valence-corrected chi connectivity index (χ1v) is 9.42. The van der Waals surface area contributed by atoms with E-state index in [0.717, 1.165) is 43.9 Å². The normalized spacial score (nSPS) is 15.8. The Labute approximate surface area is 146 Å². The largest absolute Gasteiger partial charge is 0.726 e. The van der Waals surface area contributed by atoms with Crippen molar-refractivity contribution in [2.75, 3.05) is 33.3 Å². The second-order valence-electron chi connectivity index (χ2n) is 5.54. The van der Waals surface area contributed by atoms with Gasteiger partial charge in [0, 0.05) is 12.8 Å². The monoisotopic (exact) mass is 358 g/mol. The number of unbranched alkanes of at least 4 members (excludes halogenated alkanes) is 2. The summed E-state index contributed by atoms with van der Waals surface area (Å²) in [6, 6.07) is 0. The molecule has 0 unspecified atom stereocenters. The summed E-state index contributed by atoms with van der Waals surface area (Å²) in [5.74, 6) is 1.33. The van der Waals surface area contributed by atoms with Crippen LogP contribution in [0.15, 0.2) is 43.0 Å². The third-order valence-corrected chi connectivity index (χ3v) is 4.30. The first-order chi connectivity index (χ1) is 11.3. The minimum atomic E-state index is -4.41. The minimum absolute atomic E-state index is 0.808. The van der Waals surface area contributed by atoms with Crippen LogP contribution in [0, 0.1) is 0 Å². The predicted octanol–water partition coefficient (Wildman–Crippen LogP) is 2.82. The van der Waals surface area contributed by atoms with E-state index < -0.39 is 10.4 Å². The molecule has 24 heavy (non-hydrogen) atoms. The zero-order valence-electron chi connectivity index (χ0n) is 14.7. The topological polar surface area (TPSA) is 78.8 Å². The van der Waals surface area contributed by atoms with E-state index in [1.807, 2.05) is 18.2 Å². The van der Waals surface area contributed by atoms with Crippen LogP contribution in [0.1, 0.15) is 32.1 Å². The van der Waals surface area contributed by atoms with Gasteiger partial charge in [-0.1, -0.05) is 18.2 Å². The lowest BCUT2D eigenvalue weighted by atomic mass is 10.1.